The predicted molar refractivity (Wildman–Crippen MR) is 79.4 cm³/mol. The fourth-order valence-corrected chi connectivity index (χ4v) is 3.24. The minimum Gasteiger partial charge on any atom is -0.453 e. The molecule has 3 heterocycles. The number of fused-ring (bicyclic) bond motifs is 3. The molecule has 8 nitrogen and oxygen atoms in total. The van der Waals surface area contributed by atoms with Gasteiger partial charge in [-0.05, 0) is 25.3 Å². The third-order valence-corrected chi connectivity index (χ3v) is 4.28. The van der Waals surface area contributed by atoms with Gasteiger partial charge in [0.25, 0.3) is 0 Å². The summed E-state index contributed by atoms with van der Waals surface area (Å²) in [7, 11) is 1.38. The van der Waals surface area contributed by atoms with Crippen LogP contribution >= 0.6 is 0 Å². The van der Waals surface area contributed by atoms with Crippen molar-refractivity contribution in [2.75, 3.05) is 7.11 Å². The maximum absolute atomic E-state index is 11.3. The van der Waals surface area contributed by atoms with Crippen molar-refractivity contribution < 1.29 is 9.53 Å². The number of amides is 1. The third-order valence-electron chi connectivity index (χ3n) is 4.28. The summed E-state index contributed by atoms with van der Waals surface area (Å²) in [5.74, 6) is 0. The van der Waals surface area contributed by atoms with Gasteiger partial charge in [0.15, 0.2) is 5.65 Å². The Morgan fingerprint density at radius 2 is 2.36 bits per heavy atom. The van der Waals surface area contributed by atoms with E-state index in [1.54, 1.807) is 12.4 Å². The Kier molecular flexibility index (Phi) is 2.95. The lowest BCUT2D eigenvalue weighted by atomic mass is 10.2. The summed E-state index contributed by atoms with van der Waals surface area (Å²) in [6, 6.07) is 2.33. The highest BCUT2D eigenvalue weighted by Gasteiger charge is 2.29. The maximum atomic E-state index is 11.3. The number of aromatic nitrogens is 5. The van der Waals surface area contributed by atoms with Crippen molar-refractivity contribution in [3.8, 4) is 0 Å². The van der Waals surface area contributed by atoms with Crippen molar-refractivity contribution >= 4 is 28.2 Å². The monoisotopic (exact) mass is 300 g/mol. The van der Waals surface area contributed by atoms with Gasteiger partial charge in [-0.2, -0.15) is 5.10 Å². The number of hydrogen-bond donors (Lipinski definition) is 2. The smallest absolute Gasteiger partial charge is 0.407 e. The van der Waals surface area contributed by atoms with Crippen molar-refractivity contribution in [3.63, 3.8) is 0 Å². The second-order valence-corrected chi connectivity index (χ2v) is 5.56. The number of aromatic amines is 1. The van der Waals surface area contributed by atoms with Crippen LogP contribution in [0.5, 0.6) is 0 Å². The summed E-state index contributed by atoms with van der Waals surface area (Å²) in [5, 5.41) is 11.3. The van der Waals surface area contributed by atoms with Gasteiger partial charge in [-0.3, -0.25) is 4.68 Å². The zero-order valence-electron chi connectivity index (χ0n) is 12.1. The number of ether oxygens (including phenoxy) is 1. The number of pyridine rings is 1. The van der Waals surface area contributed by atoms with Crippen LogP contribution in [-0.2, 0) is 4.74 Å². The van der Waals surface area contributed by atoms with Gasteiger partial charge in [0.1, 0.15) is 5.52 Å². The van der Waals surface area contributed by atoms with Crippen LogP contribution in [-0.4, -0.2) is 44.2 Å². The molecule has 0 spiro atoms. The Bertz CT molecular complexity index is 838. The van der Waals surface area contributed by atoms with E-state index in [2.05, 4.69) is 35.0 Å². The molecule has 1 amide bonds. The minimum absolute atomic E-state index is 0.124. The fraction of sp³-hybridized carbons (Fsp3) is 0.429. The lowest BCUT2D eigenvalue weighted by Crippen LogP contribution is -2.32. The van der Waals surface area contributed by atoms with Gasteiger partial charge in [-0.1, -0.05) is 0 Å². The molecule has 2 N–H and O–H groups in total. The molecule has 1 aliphatic rings. The molecule has 0 aromatic carbocycles. The first kappa shape index (κ1) is 13.1. The number of carbonyl (C=O) groups is 1. The normalized spacial score (nSPS) is 21.5. The summed E-state index contributed by atoms with van der Waals surface area (Å²) in [6.07, 6.45) is 5.84. The van der Waals surface area contributed by atoms with Crippen LogP contribution in [0.3, 0.4) is 0 Å². The quantitative estimate of drug-likeness (QED) is 0.751. The van der Waals surface area contributed by atoms with E-state index in [-0.39, 0.29) is 18.2 Å². The fourth-order valence-electron chi connectivity index (χ4n) is 3.24. The van der Waals surface area contributed by atoms with E-state index in [0.717, 1.165) is 41.3 Å². The van der Waals surface area contributed by atoms with Crippen LogP contribution in [0.4, 0.5) is 4.79 Å². The molecule has 4 rings (SSSR count). The van der Waals surface area contributed by atoms with E-state index in [1.807, 2.05) is 6.07 Å². The predicted octanol–water partition coefficient (Wildman–Crippen LogP) is 1.76. The molecule has 1 saturated carbocycles. The van der Waals surface area contributed by atoms with Gasteiger partial charge in [0.2, 0.25) is 0 Å². The van der Waals surface area contributed by atoms with Crippen LogP contribution in [0, 0.1) is 0 Å². The molecule has 0 saturated heterocycles. The van der Waals surface area contributed by atoms with Crippen molar-refractivity contribution in [1.82, 2.24) is 30.3 Å². The summed E-state index contributed by atoms with van der Waals surface area (Å²) in [6.45, 7) is 0. The van der Waals surface area contributed by atoms with Crippen LogP contribution in [0.1, 0.15) is 25.3 Å². The van der Waals surface area contributed by atoms with Crippen molar-refractivity contribution in [3.05, 3.63) is 18.5 Å². The molecule has 2 atom stereocenters. The number of hydrogen-bond acceptors (Lipinski definition) is 5. The first-order valence-corrected chi connectivity index (χ1v) is 7.27. The standard InChI is InChI=1S/C14H16N6O2/c1-22-14(21)17-8-2-3-9(6-8)20-12-10-4-5-15-13(10)16-7-11(12)18-19-20/h4-5,7-9,19H,2-3,6H2,1H3,(H,17,21)/t8-,9-/m1/s1. The lowest BCUT2D eigenvalue weighted by molar-refractivity contribution is 0.166. The van der Waals surface area contributed by atoms with Crippen LogP contribution in [0.25, 0.3) is 22.1 Å². The van der Waals surface area contributed by atoms with E-state index < -0.39 is 0 Å². The molecular weight excluding hydrogens is 284 g/mol. The topological polar surface area (TPSA) is 97.7 Å². The van der Waals surface area contributed by atoms with Crippen molar-refractivity contribution in [2.45, 2.75) is 31.3 Å². The number of carbonyl (C=O) groups excluding carboxylic acids is 1. The highest BCUT2D eigenvalue weighted by molar-refractivity contribution is 6.00. The average molecular weight is 300 g/mol. The second kappa shape index (κ2) is 4.97. The molecule has 1 aliphatic carbocycles. The molecular formula is C14H16N6O2. The molecule has 22 heavy (non-hydrogen) atoms. The number of nitrogens with one attached hydrogen (secondary N) is 2. The molecule has 8 heteroatoms. The summed E-state index contributed by atoms with van der Waals surface area (Å²) < 4.78 is 6.73. The number of nitrogens with zero attached hydrogens (tertiary/aromatic N) is 4. The average Bonchev–Trinajstić information content (AvgIpc) is 3.24. The summed E-state index contributed by atoms with van der Waals surface area (Å²) >= 11 is 0. The third kappa shape index (κ3) is 1.99. The highest BCUT2D eigenvalue weighted by Crippen LogP contribution is 2.33. The molecule has 0 aliphatic heterocycles. The molecule has 1 fully saturated rings. The Hall–Kier alpha value is -2.64. The summed E-state index contributed by atoms with van der Waals surface area (Å²) in [5.41, 5.74) is 2.57. The molecule has 3 aromatic heterocycles. The number of H-pyrrole nitrogens is 1. The Balaban J connectivity index is 1.67. The Labute approximate surface area is 125 Å². The SMILES string of the molecule is COC(=O)N[C@@H]1CC[C@@H](n2[nH]nc3cnc4nccc4c32)C1. The Morgan fingerprint density at radius 3 is 3.23 bits per heavy atom. The number of rotatable bonds is 2. The van der Waals surface area contributed by atoms with E-state index >= 15 is 0 Å². The van der Waals surface area contributed by atoms with E-state index in [0.29, 0.717) is 0 Å². The van der Waals surface area contributed by atoms with E-state index in [4.69, 9.17) is 0 Å². The zero-order chi connectivity index (χ0) is 15.1. The minimum atomic E-state index is -0.378. The van der Waals surface area contributed by atoms with Gasteiger partial charge < -0.3 is 10.1 Å². The lowest BCUT2D eigenvalue weighted by Gasteiger charge is -2.14. The highest BCUT2D eigenvalue weighted by atomic mass is 16.5. The van der Waals surface area contributed by atoms with Gasteiger partial charge in [-0.25, -0.2) is 20.0 Å². The number of alkyl carbamates (subject to hydrolysis) is 1. The van der Waals surface area contributed by atoms with Crippen LogP contribution < -0.4 is 5.32 Å². The largest absolute Gasteiger partial charge is 0.453 e. The van der Waals surface area contributed by atoms with Crippen LogP contribution in [0.15, 0.2) is 18.5 Å². The second-order valence-electron chi connectivity index (χ2n) is 5.56. The van der Waals surface area contributed by atoms with Crippen LogP contribution in [0.2, 0.25) is 0 Å². The van der Waals surface area contributed by atoms with Gasteiger partial charge in [0.05, 0.1) is 24.9 Å². The molecule has 0 bridgehead atoms. The molecule has 0 unspecified atom stereocenters. The van der Waals surface area contributed by atoms with E-state index in [9.17, 15) is 4.79 Å². The molecule has 3 aromatic rings. The first-order valence-electron chi connectivity index (χ1n) is 7.27. The summed E-state index contributed by atoms with van der Waals surface area (Å²) in [4.78, 5) is 19.9. The van der Waals surface area contributed by atoms with Crippen molar-refractivity contribution in [1.29, 1.82) is 0 Å². The van der Waals surface area contributed by atoms with Crippen molar-refractivity contribution in [2.24, 2.45) is 0 Å². The van der Waals surface area contributed by atoms with Gasteiger partial charge >= 0.3 is 6.09 Å². The zero-order valence-corrected chi connectivity index (χ0v) is 12.1. The van der Waals surface area contributed by atoms with E-state index in [1.165, 1.54) is 7.11 Å². The maximum Gasteiger partial charge on any atom is 0.407 e. The first-order chi connectivity index (χ1) is 10.8. The van der Waals surface area contributed by atoms with Gasteiger partial charge in [-0.15, -0.1) is 0 Å². The molecule has 0 radical (unpaired) electrons. The Morgan fingerprint density at radius 1 is 1.45 bits per heavy atom. The molecule has 114 valence electrons. The number of methoxy groups -OCH3 is 1. The van der Waals surface area contributed by atoms with Gasteiger partial charge in [0, 0.05) is 17.6 Å².